The van der Waals surface area contributed by atoms with Crippen LogP contribution in [0.25, 0.3) is 22.1 Å². The fourth-order valence-corrected chi connectivity index (χ4v) is 2.67. The molecule has 2 heterocycles. The van der Waals surface area contributed by atoms with Gasteiger partial charge in [0.2, 0.25) is 5.91 Å². The molecule has 0 saturated heterocycles. The number of para-hydroxylation sites is 2. The molecule has 4 rings (SSSR count). The van der Waals surface area contributed by atoms with Crippen LogP contribution in [0.5, 0.6) is 0 Å². The highest BCUT2D eigenvalue weighted by Crippen LogP contribution is 2.30. The molecular weight excluding hydrogens is 316 g/mol. The molecule has 2 aromatic carbocycles. The second-order valence-electron chi connectivity index (χ2n) is 5.72. The molecule has 0 fully saturated rings. The van der Waals surface area contributed by atoms with Crippen molar-refractivity contribution in [2.75, 3.05) is 10.6 Å². The van der Waals surface area contributed by atoms with Gasteiger partial charge in [0, 0.05) is 11.1 Å². The van der Waals surface area contributed by atoms with Gasteiger partial charge in [0.05, 0.1) is 0 Å². The van der Waals surface area contributed by atoms with E-state index in [4.69, 9.17) is 4.42 Å². The van der Waals surface area contributed by atoms with Crippen molar-refractivity contribution in [2.24, 2.45) is 0 Å². The van der Waals surface area contributed by atoms with E-state index in [1.807, 2.05) is 54.6 Å². The second-order valence-corrected chi connectivity index (χ2v) is 5.72. The molecule has 0 bridgehead atoms. The zero-order valence-corrected chi connectivity index (χ0v) is 13.6. The van der Waals surface area contributed by atoms with Gasteiger partial charge < -0.3 is 15.1 Å². The van der Waals surface area contributed by atoms with Crippen molar-refractivity contribution in [3.63, 3.8) is 0 Å². The molecule has 0 saturated carbocycles. The normalized spacial score (nSPS) is 12.2. The van der Waals surface area contributed by atoms with Crippen LogP contribution in [0, 0.1) is 0 Å². The summed E-state index contributed by atoms with van der Waals surface area (Å²) in [5.41, 5.74) is 2.76. The van der Waals surface area contributed by atoms with Gasteiger partial charge in [-0.05, 0) is 31.2 Å². The van der Waals surface area contributed by atoms with Gasteiger partial charge in [0.1, 0.15) is 23.5 Å². The fraction of sp³-hybridized carbons (Fsp3) is 0.105. The van der Waals surface area contributed by atoms with Gasteiger partial charge in [-0.3, -0.25) is 4.79 Å². The number of carbonyl (C=O) groups excluding carboxylic acids is 1. The first-order valence-corrected chi connectivity index (χ1v) is 7.97. The summed E-state index contributed by atoms with van der Waals surface area (Å²) in [6, 6.07) is 16.5. The number of amides is 1. The third kappa shape index (κ3) is 2.89. The number of hydrogen-bond donors (Lipinski definition) is 2. The Morgan fingerprint density at radius 3 is 2.64 bits per heavy atom. The van der Waals surface area contributed by atoms with Crippen molar-refractivity contribution in [3.05, 3.63) is 60.9 Å². The molecule has 0 spiro atoms. The molecule has 1 unspecified atom stereocenters. The summed E-state index contributed by atoms with van der Waals surface area (Å²) in [5, 5.41) is 6.89. The van der Waals surface area contributed by atoms with Gasteiger partial charge >= 0.3 is 0 Å². The maximum absolute atomic E-state index is 12.4. The van der Waals surface area contributed by atoms with Gasteiger partial charge in [-0.2, -0.15) is 0 Å². The zero-order valence-electron chi connectivity index (χ0n) is 13.6. The third-order valence-corrected chi connectivity index (χ3v) is 3.95. The number of rotatable bonds is 4. The molecule has 6 heteroatoms. The van der Waals surface area contributed by atoms with Crippen LogP contribution in [0.2, 0.25) is 0 Å². The molecule has 0 aliphatic rings. The summed E-state index contributed by atoms with van der Waals surface area (Å²) < 4.78 is 5.86. The Bertz CT molecular complexity index is 1040. The van der Waals surface area contributed by atoms with Crippen LogP contribution in [0.15, 0.2) is 65.3 Å². The molecule has 6 nitrogen and oxygen atoms in total. The summed E-state index contributed by atoms with van der Waals surface area (Å²) in [6.07, 6.45) is 1.47. The van der Waals surface area contributed by atoms with Gasteiger partial charge in [-0.25, -0.2) is 9.97 Å². The average Bonchev–Trinajstić information content (AvgIpc) is 3.02. The van der Waals surface area contributed by atoms with E-state index in [9.17, 15) is 4.79 Å². The van der Waals surface area contributed by atoms with Gasteiger partial charge in [0.15, 0.2) is 11.4 Å². The largest absolute Gasteiger partial charge is 0.450 e. The highest BCUT2D eigenvalue weighted by Gasteiger charge is 2.18. The third-order valence-electron chi connectivity index (χ3n) is 3.95. The molecular formula is C19H16N4O2. The Hall–Kier alpha value is -3.41. The van der Waals surface area contributed by atoms with Crippen LogP contribution in [0.3, 0.4) is 0 Å². The van der Waals surface area contributed by atoms with Crippen LogP contribution < -0.4 is 10.6 Å². The smallest absolute Gasteiger partial charge is 0.246 e. The standard InChI is InChI=1S/C19H16N4O2/c1-12(19(24)23-13-7-3-2-4-8-13)22-18-17-16(20-11-21-18)14-9-5-6-10-15(14)25-17/h2-12H,1H3,(H,23,24)(H,20,21,22). The van der Waals surface area contributed by atoms with Crippen LogP contribution in [0.1, 0.15) is 6.92 Å². The number of carbonyl (C=O) groups is 1. The number of fused-ring (bicyclic) bond motifs is 3. The first kappa shape index (κ1) is 15.1. The molecule has 2 aromatic heterocycles. The lowest BCUT2D eigenvalue weighted by Crippen LogP contribution is -2.32. The number of aromatic nitrogens is 2. The number of nitrogens with one attached hydrogen (secondary N) is 2. The Labute approximate surface area is 143 Å². The van der Waals surface area contributed by atoms with Crippen molar-refractivity contribution in [1.82, 2.24) is 9.97 Å². The molecule has 25 heavy (non-hydrogen) atoms. The van der Waals surface area contributed by atoms with Crippen LogP contribution in [-0.2, 0) is 4.79 Å². The van der Waals surface area contributed by atoms with Crippen LogP contribution >= 0.6 is 0 Å². The number of nitrogens with zero attached hydrogens (tertiary/aromatic N) is 2. The monoisotopic (exact) mass is 332 g/mol. The first-order valence-electron chi connectivity index (χ1n) is 7.97. The van der Waals surface area contributed by atoms with Crippen molar-refractivity contribution in [2.45, 2.75) is 13.0 Å². The lowest BCUT2D eigenvalue weighted by atomic mass is 10.2. The molecule has 1 atom stereocenters. The second kappa shape index (κ2) is 6.24. The van der Waals surface area contributed by atoms with E-state index in [2.05, 4.69) is 20.6 Å². The van der Waals surface area contributed by atoms with Gasteiger partial charge in [-0.1, -0.05) is 30.3 Å². The zero-order chi connectivity index (χ0) is 17.2. The molecule has 0 aliphatic heterocycles. The van der Waals surface area contributed by atoms with E-state index in [0.29, 0.717) is 11.4 Å². The number of hydrogen-bond acceptors (Lipinski definition) is 5. The predicted octanol–water partition coefficient (Wildman–Crippen LogP) is 3.82. The molecule has 0 aliphatic carbocycles. The Morgan fingerprint density at radius 1 is 1.04 bits per heavy atom. The molecule has 4 aromatic rings. The molecule has 124 valence electrons. The minimum Gasteiger partial charge on any atom is -0.450 e. The van der Waals surface area contributed by atoms with Crippen molar-refractivity contribution in [3.8, 4) is 0 Å². The van der Waals surface area contributed by atoms with Crippen LogP contribution in [0.4, 0.5) is 11.5 Å². The van der Waals surface area contributed by atoms with Gasteiger partial charge in [-0.15, -0.1) is 0 Å². The maximum Gasteiger partial charge on any atom is 0.246 e. The number of anilines is 2. The molecule has 2 N–H and O–H groups in total. The summed E-state index contributed by atoms with van der Waals surface area (Å²) in [4.78, 5) is 20.9. The average molecular weight is 332 g/mol. The van der Waals surface area contributed by atoms with E-state index in [1.165, 1.54) is 6.33 Å². The lowest BCUT2D eigenvalue weighted by molar-refractivity contribution is -0.116. The first-order chi connectivity index (χ1) is 12.2. The number of benzene rings is 2. The maximum atomic E-state index is 12.4. The van der Waals surface area contributed by atoms with E-state index < -0.39 is 6.04 Å². The fourth-order valence-electron chi connectivity index (χ4n) is 2.67. The minimum atomic E-state index is -0.494. The van der Waals surface area contributed by atoms with E-state index >= 15 is 0 Å². The summed E-state index contributed by atoms with van der Waals surface area (Å²) in [5.74, 6) is 0.339. The Balaban J connectivity index is 1.60. The van der Waals surface area contributed by atoms with E-state index in [0.717, 1.165) is 22.2 Å². The summed E-state index contributed by atoms with van der Waals surface area (Å²) in [7, 11) is 0. The van der Waals surface area contributed by atoms with Crippen molar-refractivity contribution in [1.29, 1.82) is 0 Å². The quantitative estimate of drug-likeness (QED) is 0.594. The molecule has 0 radical (unpaired) electrons. The van der Waals surface area contributed by atoms with Gasteiger partial charge in [0.25, 0.3) is 0 Å². The van der Waals surface area contributed by atoms with E-state index in [-0.39, 0.29) is 5.91 Å². The predicted molar refractivity (Wildman–Crippen MR) is 97.5 cm³/mol. The van der Waals surface area contributed by atoms with Crippen molar-refractivity contribution < 1.29 is 9.21 Å². The molecule has 1 amide bonds. The van der Waals surface area contributed by atoms with Crippen molar-refractivity contribution >= 4 is 39.5 Å². The Morgan fingerprint density at radius 2 is 1.80 bits per heavy atom. The SMILES string of the molecule is CC(Nc1ncnc2c1oc1ccccc12)C(=O)Nc1ccccc1. The summed E-state index contributed by atoms with van der Waals surface area (Å²) in [6.45, 7) is 1.77. The topological polar surface area (TPSA) is 80.1 Å². The van der Waals surface area contributed by atoms with E-state index in [1.54, 1.807) is 6.92 Å². The number of furan rings is 1. The highest BCUT2D eigenvalue weighted by atomic mass is 16.3. The highest BCUT2D eigenvalue weighted by molar-refractivity contribution is 6.06. The van der Waals surface area contributed by atoms with Crippen LogP contribution in [-0.4, -0.2) is 21.9 Å². The summed E-state index contributed by atoms with van der Waals surface area (Å²) >= 11 is 0. The lowest BCUT2D eigenvalue weighted by Gasteiger charge is -2.14. The Kier molecular flexibility index (Phi) is 3.78. The minimum absolute atomic E-state index is 0.158.